The number of aliphatic imine (C=N–C) groups is 1. The predicted octanol–water partition coefficient (Wildman–Crippen LogP) is 2.44. The SMILES string of the molecule is Cn1oc(=O)c2c1N=C1CCCC(=O)C1C2c1cccc(C#N)c1. The lowest BCUT2D eigenvalue weighted by Crippen LogP contribution is -2.37. The van der Waals surface area contributed by atoms with Crippen LogP contribution in [-0.2, 0) is 11.8 Å². The number of benzene rings is 1. The molecule has 2 aromatic rings. The van der Waals surface area contributed by atoms with Crippen LogP contribution in [0.25, 0.3) is 0 Å². The van der Waals surface area contributed by atoms with E-state index in [2.05, 4.69) is 11.1 Å². The van der Waals surface area contributed by atoms with E-state index in [0.29, 0.717) is 23.4 Å². The molecule has 6 nitrogen and oxygen atoms in total. The van der Waals surface area contributed by atoms with Gasteiger partial charge in [-0.15, -0.1) is 0 Å². The molecule has 0 N–H and O–H groups in total. The zero-order chi connectivity index (χ0) is 16.8. The third-order valence-corrected chi connectivity index (χ3v) is 4.81. The van der Waals surface area contributed by atoms with Crippen molar-refractivity contribution in [1.82, 2.24) is 4.74 Å². The molecule has 0 radical (unpaired) electrons. The fourth-order valence-electron chi connectivity index (χ4n) is 3.78. The Balaban J connectivity index is 1.99. The van der Waals surface area contributed by atoms with Gasteiger partial charge in [-0.3, -0.25) is 4.79 Å². The Morgan fingerprint density at radius 1 is 1.29 bits per heavy atom. The van der Waals surface area contributed by atoms with Crippen molar-refractivity contribution in [3.8, 4) is 6.07 Å². The second kappa shape index (κ2) is 5.31. The number of nitrogens with zero attached hydrogens (tertiary/aromatic N) is 3. The van der Waals surface area contributed by atoms with Crippen LogP contribution in [0.2, 0.25) is 0 Å². The second-order valence-electron chi connectivity index (χ2n) is 6.23. The Labute approximate surface area is 138 Å². The van der Waals surface area contributed by atoms with E-state index in [4.69, 9.17) is 4.52 Å². The highest BCUT2D eigenvalue weighted by Gasteiger charge is 2.43. The normalized spacial score (nSPS) is 22.3. The molecule has 0 bridgehead atoms. The second-order valence-corrected chi connectivity index (χ2v) is 6.23. The van der Waals surface area contributed by atoms with Crippen LogP contribution in [0, 0.1) is 17.2 Å². The molecular formula is C18H15N3O3. The van der Waals surface area contributed by atoms with E-state index in [0.717, 1.165) is 24.1 Å². The Hall–Kier alpha value is -2.94. The topological polar surface area (TPSA) is 88.4 Å². The monoisotopic (exact) mass is 321 g/mol. The number of carbonyl (C=O) groups is 1. The molecule has 24 heavy (non-hydrogen) atoms. The Morgan fingerprint density at radius 2 is 2.12 bits per heavy atom. The van der Waals surface area contributed by atoms with Gasteiger partial charge in [0.2, 0.25) is 0 Å². The maximum Gasteiger partial charge on any atom is 0.363 e. The maximum absolute atomic E-state index is 12.6. The first kappa shape index (κ1) is 14.6. The average Bonchev–Trinajstić information content (AvgIpc) is 2.87. The van der Waals surface area contributed by atoms with Crippen molar-refractivity contribution in [2.24, 2.45) is 18.0 Å². The van der Waals surface area contributed by atoms with Crippen molar-refractivity contribution in [2.45, 2.75) is 25.2 Å². The molecule has 1 fully saturated rings. The highest BCUT2D eigenvalue weighted by molar-refractivity contribution is 6.10. The molecular weight excluding hydrogens is 306 g/mol. The summed E-state index contributed by atoms with van der Waals surface area (Å²) in [6.45, 7) is 0. The molecule has 2 heterocycles. The zero-order valence-corrected chi connectivity index (χ0v) is 13.2. The van der Waals surface area contributed by atoms with Gasteiger partial charge in [0.05, 0.1) is 23.1 Å². The van der Waals surface area contributed by atoms with Crippen LogP contribution < -0.4 is 5.63 Å². The molecule has 2 aliphatic rings. The van der Waals surface area contributed by atoms with Crippen molar-refractivity contribution in [2.75, 3.05) is 0 Å². The first-order valence-corrected chi connectivity index (χ1v) is 7.90. The average molecular weight is 321 g/mol. The summed E-state index contributed by atoms with van der Waals surface area (Å²) in [4.78, 5) is 29.5. The minimum atomic E-state index is -0.471. The zero-order valence-electron chi connectivity index (χ0n) is 13.2. The summed E-state index contributed by atoms with van der Waals surface area (Å²) in [7, 11) is 1.64. The Kier molecular flexibility index (Phi) is 3.24. The van der Waals surface area contributed by atoms with Gasteiger partial charge in [-0.05, 0) is 30.5 Å². The molecule has 4 rings (SSSR count). The molecule has 2 unspecified atom stereocenters. The summed E-state index contributed by atoms with van der Waals surface area (Å²) < 4.78 is 6.56. The van der Waals surface area contributed by atoms with Crippen LogP contribution in [0.1, 0.15) is 41.9 Å². The smallest absolute Gasteiger partial charge is 0.334 e. The molecule has 1 aromatic heterocycles. The maximum atomic E-state index is 12.6. The van der Waals surface area contributed by atoms with Crippen molar-refractivity contribution in [1.29, 1.82) is 5.26 Å². The number of aryl methyl sites for hydroxylation is 1. The first-order valence-electron chi connectivity index (χ1n) is 7.90. The highest BCUT2D eigenvalue weighted by atomic mass is 16.5. The van der Waals surface area contributed by atoms with E-state index in [9.17, 15) is 14.9 Å². The third-order valence-electron chi connectivity index (χ3n) is 4.81. The molecule has 1 saturated carbocycles. The summed E-state index contributed by atoms with van der Waals surface area (Å²) in [5.41, 5.74) is 2.03. The first-order chi connectivity index (χ1) is 11.6. The van der Waals surface area contributed by atoms with E-state index < -0.39 is 17.5 Å². The van der Waals surface area contributed by atoms with Crippen LogP contribution in [-0.4, -0.2) is 16.2 Å². The minimum Gasteiger partial charge on any atom is -0.334 e. The molecule has 6 heteroatoms. The van der Waals surface area contributed by atoms with E-state index in [1.54, 1.807) is 25.2 Å². The van der Waals surface area contributed by atoms with Crippen molar-refractivity contribution < 1.29 is 9.32 Å². The van der Waals surface area contributed by atoms with Crippen LogP contribution in [0.4, 0.5) is 5.82 Å². The van der Waals surface area contributed by atoms with Gasteiger partial charge in [-0.2, -0.15) is 10.0 Å². The van der Waals surface area contributed by atoms with Gasteiger partial charge in [0.1, 0.15) is 5.78 Å². The summed E-state index contributed by atoms with van der Waals surface area (Å²) in [5.74, 6) is -0.300. The number of rotatable bonds is 1. The number of carbonyl (C=O) groups excluding carboxylic acids is 1. The van der Waals surface area contributed by atoms with Gasteiger partial charge < -0.3 is 4.52 Å². The molecule has 1 aliphatic carbocycles. The van der Waals surface area contributed by atoms with E-state index in [1.165, 1.54) is 4.74 Å². The van der Waals surface area contributed by atoms with Crippen LogP contribution in [0.15, 0.2) is 38.6 Å². The predicted molar refractivity (Wildman–Crippen MR) is 86.4 cm³/mol. The van der Waals surface area contributed by atoms with Crippen molar-refractivity contribution in [3.05, 3.63) is 51.4 Å². The molecule has 0 saturated heterocycles. The molecule has 120 valence electrons. The van der Waals surface area contributed by atoms with Crippen LogP contribution in [0.5, 0.6) is 0 Å². The van der Waals surface area contributed by atoms with Gasteiger partial charge >= 0.3 is 5.63 Å². The Bertz CT molecular complexity index is 974. The molecule has 1 aromatic carbocycles. The largest absolute Gasteiger partial charge is 0.363 e. The lowest BCUT2D eigenvalue weighted by Gasteiger charge is -2.33. The number of nitriles is 1. The summed E-state index contributed by atoms with van der Waals surface area (Å²) >= 11 is 0. The molecule has 0 amide bonds. The standard InChI is InChI=1S/C18H15N3O3/c1-21-17-16(18(23)24-21)14(11-5-2-4-10(8-11)9-19)15-12(20-17)6-3-7-13(15)22/h2,4-5,8,14-15H,3,6-7H2,1H3. The summed E-state index contributed by atoms with van der Waals surface area (Å²) in [5, 5.41) is 9.17. The van der Waals surface area contributed by atoms with E-state index in [1.807, 2.05) is 6.07 Å². The number of ketones is 1. The molecule has 2 atom stereocenters. The van der Waals surface area contributed by atoms with Crippen molar-refractivity contribution in [3.63, 3.8) is 0 Å². The third kappa shape index (κ3) is 2.05. The molecule has 1 aliphatic heterocycles. The number of hydrogen-bond donors (Lipinski definition) is 0. The quantitative estimate of drug-likeness (QED) is 0.807. The number of hydrogen-bond acceptors (Lipinski definition) is 5. The van der Waals surface area contributed by atoms with E-state index >= 15 is 0 Å². The van der Waals surface area contributed by atoms with Gasteiger partial charge in [-0.1, -0.05) is 12.1 Å². The van der Waals surface area contributed by atoms with Crippen LogP contribution in [0.3, 0.4) is 0 Å². The van der Waals surface area contributed by atoms with Gasteiger partial charge in [0.25, 0.3) is 0 Å². The number of Topliss-reactive ketones (excluding diaryl/α,β-unsaturated/α-hetero) is 1. The lowest BCUT2D eigenvalue weighted by atomic mass is 9.70. The summed E-state index contributed by atoms with van der Waals surface area (Å²) in [6.07, 6.45) is 2.01. The highest BCUT2D eigenvalue weighted by Crippen LogP contribution is 2.44. The number of aromatic nitrogens is 1. The minimum absolute atomic E-state index is 0.0984. The number of fused-ring (bicyclic) bond motifs is 2. The fraction of sp³-hybridized carbons (Fsp3) is 0.333. The van der Waals surface area contributed by atoms with Gasteiger partial charge in [-0.25, -0.2) is 9.79 Å². The lowest BCUT2D eigenvalue weighted by molar-refractivity contribution is -0.121. The van der Waals surface area contributed by atoms with Gasteiger partial charge in [0.15, 0.2) is 5.82 Å². The van der Waals surface area contributed by atoms with Gasteiger partial charge in [0, 0.05) is 25.1 Å². The summed E-state index contributed by atoms with van der Waals surface area (Å²) in [6, 6.07) is 9.19. The van der Waals surface area contributed by atoms with Crippen molar-refractivity contribution >= 4 is 17.3 Å². The van der Waals surface area contributed by atoms with E-state index in [-0.39, 0.29) is 5.78 Å². The Morgan fingerprint density at radius 3 is 2.92 bits per heavy atom. The molecule has 0 spiro atoms. The fourth-order valence-corrected chi connectivity index (χ4v) is 3.78. The van der Waals surface area contributed by atoms with Crippen LogP contribution >= 0.6 is 0 Å².